The summed E-state index contributed by atoms with van der Waals surface area (Å²) in [6, 6.07) is 7.93. The maximum Gasteiger partial charge on any atom is 0.233 e. The molecule has 142 valence electrons. The van der Waals surface area contributed by atoms with Crippen LogP contribution in [0, 0.1) is 5.92 Å². The van der Waals surface area contributed by atoms with Crippen LogP contribution in [0.4, 0.5) is 0 Å². The zero-order valence-electron chi connectivity index (χ0n) is 15.4. The van der Waals surface area contributed by atoms with Gasteiger partial charge >= 0.3 is 0 Å². The number of hydrogen-bond acceptors (Lipinski definition) is 6. The highest BCUT2D eigenvalue weighted by molar-refractivity contribution is 7.99. The fourth-order valence-corrected chi connectivity index (χ4v) is 4.97. The van der Waals surface area contributed by atoms with E-state index in [1.165, 1.54) is 11.8 Å². The third-order valence-electron chi connectivity index (χ3n) is 4.97. The highest BCUT2D eigenvalue weighted by atomic mass is 32.2. The molecule has 1 aliphatic rings. The summed E-state index contributed by atoms with van der Waals surface area (Å²) >= 11 is 3.01. The van der Waals surface area contributed by atoms with Crippen molar-refractivity contribution < 1.29 is 9.53 Å². The van der Waals surface area contributed by atoms with E-state index in [2.05, 4.69) is 22.5 Å². The number of fused-ring (bicyclic) bond motifs is 1. The molecule has 0 saturated carbocycles. The molecule has 3 aromatic rings. The Morgan fingerprint density at radius 1 is 1.26 bits per heavy atom. The third-order valence-corrected chi connectivity index (χ3v) is 6.70. The second-order valence-electron chi connectivity index (χ2n) is 6.80. The topological polar surface area (TPSA) is 59.7 Å². The van der Waals surface area contributed by atoms with Gasteiger partial charge in [0.05, 0.1) is 18.6 Å². The van der Waals surface area contributed by atoms with Gasteiger partial charge in [-0.2, -0.15) is 0 Å². The first-order valence-corrected chi connectivity index (χ1v) is 10.9. The van der Waals surface area contributed by atoms with E-state index in [1.54, 1.807) is 18.4 Å². The van der Waals surface area contributed by atoms with Crippen LogP contribution in [-0.4, -0.2) is 51.4 Å². The fraction of sp³-hybridized carbons (Fsp3) is 0.421. The molecule has 27 heavy (non-hydrogen) atoms. The van der Waals surface area contributed by atoms with Gasteiger partial charge < -0.3 is 9.64 Å². The lowest BCUT2D eigenvalue weighted by molar-refractivity contribution is -0.129. The number of hydrogen-bond donors (Lipinski definition) is 0. The molecule has 0 N–H and O–H groups in total. The zero-order chi connectivity index (χ0) is 18.8. The minimum absolute atomic E-state index is 0.185. The number of aromatic nitrogens is 3. The number of methoxy groups -OCH3 is 1. The number of likely N-dealkylation sites (tertiary alicyclic amines) is 1. The number of ether oxygens (including phenoxy) is 1. The highest BCUT2D eigenvalue weighted by Gasteiger charge is 2.21. The minimum Gasteiger partial charge on any atom is -0.497 e. The van der Waals surface area contributed by atoms with E-state index in [0.29, 0.717) is 5.75 Å². The molecule has 3 heterocycles. The van der Waals surface area contributed by atoms with Gasteiger partial charge in [-0.3, -0.25) is 9.20 Å². The second kappa shape index (κ2) is 7.90. The first-order valence-electron chi connectivity index (χ1n) is 9.03. The van der Waals surface area contributed by atoms with Crippen LogP contribution in [0.2, 0.25) is 0 Å². The molecular weight excluding hydrogens is 380 g/mol. The minimum atomic E-state index is 0.185. The Morgan fingerprint density at radius 3 is 2.70 bits per heavy atom. The molecule has 1 fully saturated rings. The molecule has 0 unspecified atom stereocenters. The van der Waals surface area contributed by atoms with E-state index in [9.17, 15) is 4.79 Å². The van der Waals surface area contributed by atoms with Crippen LogP contribution in [0.25, 0.3) is 16.2 Å². The SMILES string of the molecule is COc1ccc(-c2csc3nnc(SCC(=O)N4CCC(C)CC4)n23)cc1. The van der Waals surface area contributed by atoms with E-state index in [-0.39, 0.29) is 5.91 Å². The van der Waals surface area contributed by atoms with Gasteiger partial charge in [-0.1, -0.05) is 18.7 Å². The molecule has 6 nitrogen and oxygen atoms in total. The van der Waals surface area contributed by atoms with Crippen molar-refractivity contribution in [2.24, 2.45) is 5.92 Å². The first kappa shape index (κ1) is 18.3. The number of amides is 1. The summed E-state index contributed by atoms with van der Waals surface area (Å²) in [5.74, 6) is 2.12. The molecule has 4 rings (SSSR count). The maximum atomic E-state index is 12.5. The predicted octanol–water partition coefficient (Wildman–Crippen LogP) is 3.82. The molecule has 8 heteroatoms. The van der Waals surface area contributed by atoms with Gasteiger partial charge in [0.2, 0.25) is 10.9 Å². The van der Waals surface area contributed by atoms with Gasteiger partial charge in [0.15, 0.2) is 5.16 Å². The molecule has 1 aliphatic heterocycles. The van der Waals surface area contributed by atoms with Crippen molar-refractivity contribution in [3.8, 4) is 17.0 Å². The van der Waals surface area contributed by atoms with Crippen molar-refractivity contribution in [3.05, 3.63) is 29.6 Å². The van der Waals surface area contributed by atoms with E-state index in [1.807, 2.05) is 33.6 Å². The van der Waals surface area contributed by atoms with Crippen molar-refractivity contribution in [3.63, 3.8) is 0 Å². The number of benzene rings is 1. The smallest absolute Gasteiger partial charge is 0.233 e. The molecule has 0 bridgehead atoms. The number of thioether (sulfide) groups is 1. The Balaban J connectivity index is 1.51. The van der Waals surface area contributed by atoms with Crippen LogP contribution in [0.5, 0.6) is 5.75 Å². The molecule has 1 amide bonds. The normalized spacial score (nSPS) is 15.4. The lowest BCUT2D eigenvalue weighted by atomic mass is 9.99. The summed E-state index contributed by atoms with van der Waals surface area (Å²) in [6.07, 6.45) is 2.19. The fourth-order valence-electron chi connectivity index (χ4n) is 3.23. The number of rotatable bonds is 5. The summed E-state index contributed by atoms with van der Waals surface area (Å²) in [4.78, 5) is 15.3. The number of carbonyl (C=O) groups is 1. The van der Waals surface area contributed by atoms with E-state index in [4.69, 9.17) is 4.74 Å². The Hall–Kier alpha value is -2.06. The number of piperidine rings is 1. The molecule has 0 atom stereocenters. The summed E-state index contributed by atoms with van der Waals surface area (Å²) in [5, 5.41) is 11.4. The summed E-state index contributed by atoms with van der Waals surface area (Å²) in [6.45, 7) is 3.98. The molecule has 1 saturated heterocycles. The van der Waals surface area contributed by atoms with Crippen LogP contribution in [0.3, 0.4) is 0 Å². The van der Waals surface area contributed by atoms with Gasteiger partial charge in [-0.15, -0.1) is 21.5 Å². The summed E-state index contributed by atoms with van der Waals surface area (Å²) < 4.78 is 7.27. The average Bonchev–Trinajstić information content (AvgIpc) is 3.29. The van der Waals surface area contributed by atoms with E-state index in [0.717, 1.165) is 59.0 Å². The average molecular weight is 403 g/mol. The quantitative estimate of drug-likeness (QED) is 0.607. The van der Waals surface area contributed by atoms with Crippen molar-refractivity contribution in [1.29, 1.82) is 0 Å². The highest BCUT2D eigenvalue weighted by Crippen LogP contribution is 2.31. The van der Waals surface area contributed by atoms with Crippen LogP contribution in [0.1, 0.15) is 19.8 Å². The van der Waals surface area contributed by atoms with Gasteiger partial charge in [-0.25, -0.2) is 0 Å². The molecule has 0 spiro atoms. The number of nitrogens with zero attached hydrogens (tertiary/aromatic N) is 4. The molecular formula is C19H22N4O2S2. The Labute approximate surface area is 166 Å². The molecule has 0 radical (unpaired) electrons. The Bertz CT molecular complexity index is 927. The van der Waals surface area contributed by atoms with Crippen LogP contribution in [-0.2, 0) is 4.79 Å². The lowest BCUT2D eigenvalue weighted by Gasteiger charge is -2.30. The standard InChI is InChI=1S/C19H22N4O2S2/c1-13-7-9-22(10-8-13)17(24)12-27-19-21-20-18-23(19)16(11-26-18)14-3-5-15(25-2)6-4-14/h3-6,11,13H,7-10,12H2,1-2H3. The predicted molar refractivity (Wildman–Crippen MR) is 109 cm³/mol. The van der Waals surface area contributed by atoms with Crippen molar-refractivity contribution >= 4 is 34.0 Å². The van der Waals surface area contributed by atoms with E-state index >= 15 is 0 Å². The molecule has 2 aromatic heterocycles. The van der Waals surface area contributed by atoms with E-state index < -0.39 is 0 Å². The van der Waals surface area contributed by atoms with Gasteiger partial charge in [0.1, 0.15) is 5.75 Å². The Morgan fingerprint density at radius 2 is 2.00 bits per heavy atom. The van der Waals surface area contributed by atoms with Crippen molar-refractivity contribution in [1.82, 2.24) is 19.5 Å². The number of carbonyl (C=O) groups excluding carboxylic acids is 1. The van der Waals surface area contributed by atoms with Crippen LogP contribution in [0.15, 0.2) is 34.8 Å². The van der Waals surface area contributed by atoms with Crippen molar-refractivity contribution in [2.75, 3.05) is 26.0 Å². The maximum absolute atomic E-state index is 12.5. The van der Waals surface area contributed by atoms with Gasteiger partial charge in [-0.05, 0) is 48.6 Å². The molecule has 1 aromatic carbocycles. The first-order chi connectivity index (χ1) is 13.2. The third kappa shape index (κ3) is 3.82. The van der Waals surface area contributed by atoms with Crippen LogP contribution < -0.4 is 4.74 Å². The van der Waals surface area contributed by atoms with Gasteiger partial charge in [0.25, 0.3) is 0 Å². The van der Waals surface area contributed by atoms with Gasteiger partial charge in [0, 0.05) is 18.5 Å². The summed E-state index contributed by atoms with van der Waals surface area (Å²) in [5.41, 5.74) is 2.10. The largest absolute Gasteiger partial charge is 0.497 e. The second-order valence-corrected chi connectivity index (χ2v) is 8.58. The molecule has 0 aliphatic carbocycles. The Kier molecular flexibility index (Phi) is 5.36. The zero-order valence-corrected chi connectivity index (χ0v) is 17.1. The summed E-state index contributed by atoms with van der Waals surface area (Å²) in [7, 11) is 1.66. The number of thiazole rings is 1. The lowest BCUT2D eigenvalue weighted by Crippen LogP contribution is -2.38. The monoisotopic (exact) mass is 402 g/mol. The van der Waals surface area contributed by atoms with Crippen LogP contribution >= 0.6 is 23.1 Å². The van der Waals surface area contributed by atoms with Crippen molar-refractivity contribution in [2.45, 2.75) is 24.9 Å².